The molecule has 0 saturated carbocycles. The molecule has 2 rings (SSSR count). The van der Waals surface area contributed by atoms with E-state index in [1.54, 1.807) is 14.2 Å². The van der Waals surface area contributed by atoms with Gasteiger partial charge in [0.25, 0.3) is 0 Å². The van der Waals surface area contributed by atoms with Gasteiger partial charge in [-0.15, -0.1) is 0 Å². The van der Waals surface area contributed by atoms with Gasteiger partial charge in [0.05, 0.1) is 20.8 Å². The van der Waals surface area contributed by atoms with Crippen molar-refractivity contribution in [1.82, 2.24) is 0 Å². The van der Waals surface area contributed by atoms with Crippen molar-refractivity contribution >= 4 is 5.69 Å². The van der Waals surface area contributed by atoms with Gasteiger partial charge in [0, 0.05) is 17.3 Å². The number of benzene rings is 2. The number of hydrogen-bond acceptors (Lipinski definition) is 3. The maximum atomic E-state index is 5.25. The summed E-state index contributed by atoms with van der Waals surface area (Å²) < 4.78 is 10.4. The van der Waals surface area contributed by atoms with E-state index < -0.39 is 0 Å². The molecule has 0 radical (unpaired) electrons. The van der Waals surface area contributed by atoms with E-state index in [1.807, 2.05) is 48.5 Å². The van der Waals surface area contributed by atoms with E-state index in [4.69, 9.17) is 9.47 Å². The number of ether oxygens (including phenoxy) is 2. The average Bonchev–Trinajstić information content (AvgIpc) is 2.52. The number of methoxy groups -OCH3 is 2. The summed E-state index contributed by atoms with van der Waals surface area (Å²) in [6.07, 6.45) is 0. The Morgan fingerprint density at radius 3 is 2.40 bits per heavy atom. The van der Waals surface area contributed by atoms with Crippen LogP contribution in [-0.4, -0.2) is 20.8 Å². The van der Waals surface area contributed by atoms with Crippen molar-refractivity contribution in [2.24, 2.45) is 0 Å². The Bertz CT molecular complexity index is 612. The molecule has 1 N–H and O–H groups in total. The summed E-state index contributed by atoms with van der Waals surface area (Å²) >= 11 is 0. The molecule has 0 atom stereocenters. The molecule has 2 aromatic rings. The molecule has 3 heteroatoms. The Labute approximate surface area is 119 Å². The highest BCUT2D eigenvalue weighted by atomic mass is 16.5. The highest BCUT2D eigenvalue weighted by Gasteiger charge is 2.03. The summed E-state index contributed by atoms with van der Waals surface area (Å²) in [4.78, 5) is 0. The van der Waals surface area contributed by atoms with Crippen LogP contribution in [0.1, 0.15) is 5.56 Å². The van der Waals surface area contributed by atoms with Gasteiger partial charge in [0.15, 0.2) is 11.5 Å². The van der Waals surface area contributed by atoms with Gasteiger partial charge < -0.3 is 14.8 Å². The molecule has 0 aromatic heterocycles. The zero-order chi connectivity index (χ0) is 14.2. The molecular formula is C17H17NO2. The average molecular weight is 267 g/mol. The van der Waals surface area contributed by atoms with E-state index in [1.165, 1.54) is 0 Å². The minimum absolute atomic E-state index is 0.574. The Morgan fingerprint density at radius 2 is 1.70 bits per heavy atom. The first-order chi connectivity index (χ1) is 9.83. The molecule has 0 aliphatic carbocycles. The first-order valence-electron chi connectivity index (χ1n) is 6.33. The van der Waals surface area contributed by atoms with Gasteiger partial charge >= 0.3 is 0 Å². The molecule has 3 nitrogen and oxygen atoms in total. The van der Waals surface area contributed by atoms with E-state index in [0.29, 0.717) is 18.0 Å². The Hall–Kier alpha value is -2.60. The van der Waals surface area contributed by atoms with E-state index in [2.05, 4.69) is 17.2 Å². The van der Waals surface area contributed by atoms with E-state index in [-0.39, 0.29) is 0 Å². The molecule has 0 heterocycles. The van der Waals surface area contributed by atoms with Gasteiger partial charge in [-0.25, -0.2) is 0 Å². The van der Waals surface area contributed by atoms with Crippen LogP contribution in [0.25, 0.3) is 0 Å². The van der Waals surface area contributed by atoms with Gasteiger partial charge in [0.1, 0.15) is 0 Å². The van der Waals surface area contributed by atoms with Gasteiger partial charge in [-0.1, -0.05) is 30.0 Å². The summed E-state index contributed by atoms with van der Waals surface area (Å²) in [6.45, 7) is 0.574. The van der Waals surface area contributed by atoms with Crippen LogP contribution in [0.3, 0.4) is 0 Å². The Kier molecular flexibility index (Phi) is 4.91. The third-order valence-corrected chi connectivity index (χ3v) is 2.77. The Morgan fingerprint density at radius 1 is 0.950 bits per heavy atom. The highest BCUT2D eigenvalue weighted by molar-refractivity contribution is 5.55. The SMILES string of the molecule is COc1ccc(NCC#Cc2ccccc2)cc1OC. The summed E-state index contributed by atoms with van der Waals surface area (Å²) in [6, 6.07) is 15.6. The van der Waals surface area contributed by atoms with Crippen molar-refractivity contribution < 1.29 is 9.47 Å². The summed E-state index contributed by atoms with van der Waals surface area (Å²) in [5, 5.41) is 3.23. The third kappa shape index (κ3) is 3.69. The molecule has 0 amide bonds. The molecule has 2 aromatic carbocycles. The standard InChI is InChI=1S/C17H17NO2/c1-19-16-11-10-15(13-17(16)20-2)18-12-6-9-14-7-4-3-5-8-14/h3-5,7-8,10-11,13,18H,12H2,1-2H3. The van der Waals surface area contributed by atoms with Gasteiger partial charge in [0.2, 0.25) is 0 Å². The lowest BCUT2D eigenvalue weighted by molar-refractivity contribution is 0.355. The largest absolute Gasteiger partial charge is 0.493 e. The van der Waals surface area contributed by atoms with Crippen molar-refractivity contribution in [3.05, 3.63) is 54.1 Å². The van der Waals surface area contributed by atoms with Crippen molar-refractivity contribution in [2.45, 2.75) is 0 Å². The lowest BCUT2D eigenvalue weighted by Crippen LogP contribution is -1.99. The molecule has 0 spiro atoms. The molecule has 0 fully saturated rings. The quantitative estimate of drug-likeness (QED) is 0.863. The molecule has 0 aliphatic heterocycles. The topological polar surface area (TPSA) is 30.5 Å². The molecule has 0 saturated heterocycles. The molecule has 102 valence electrons. The number of nitrogens with one attached hydrogen (secondary N) is 1. The fourth-order valence-electron chi connectivity index (χ4n) is 1.76. The normalized spacial score (nSPS) is 9.30. The van der Waals surface area contributed by atoms with Gasteiger partial charge in [-0.3, -0.25) is 0 Å². The second kappa shape index (κ2) is 7.10. The lowest BCUT2D eigenvalue weighted by Gasteiger charge is -2.09. The van der Waals surface area contributed by atoms with E-state index in [0.717, 1.165) is 11.3 Å². The molecule has 0 bridgehead atoms. The number of hydrogen-bond donors (Lipinski definition) is 1. The van der Waals surface area contributed by atoms with Crippen molar-refractivity contribution in [1.29, 1.82) is 0 Å². The van der Waals surface area contributed by atoms with Gasteiger partial charge in [-0.05, 0) is 24.3 Å². The molecule has 0 unspecified atom stereocenters. The zero-order valence-corrected chi connectivity index (χ0v) is 11.6. The molecule has 0 aliphatic rings. The zero-order valence-electron chi connectivity index (χ0n) is 11.6. The minimum atomic E-state index is 0.574. The van der Waals surface area contributed by atoms with Crippen molar-refractivity contribution in [3.63, 3.8) is 0 Å². The summed E-state index contributed by atoms with van der Waals surface area (Å²) in [7, 11) is 3.24. The number of anilines is 1. The molecular weight excluding hydrogens is 250 g/mol. The van der Waals surface area contributed by atoms with Crippen LogP contribution in [0.15, 0.2) is 48.5 Å². The maximum absolute atomic E-state index is 5.25. The van der Waals surface area contributed by atoms with Crippen LogP contribution >= 0.6 is 0 Å². The summed E-state index contributed by atoms with van der Waals surface area (Å²) in [5.41, 5.74) is 1.96. The van der Waals surface area contributed by atoms with Crippen molar-refractivity contribution in [3.8, 4) is 23.3 Å². The van der Waals surface area contributed by atoms with Crippen LogP contribution in [0.2, 0.25) is 0 Å². The van der Waals surface area contributed by atoms with E-state index >= 15 is 0 Å². The third-order valence-electron chi connectivity index (χ3n) is 2.77. The van der Waals surface area contributed by atoms with Crippen LogP contribution in [0.5, 0.6) is 11.5 Å². The second-order valence-electron chi connectivity index (χ2n) is 4.09. The predicted molar refractivity (Wildman–Crippen MR) is 81.4 cm³/mol. The lowest BCUT2D eigenvalue weighted by atomic mass is 10.2. The monoisotopic (exact) mass is 267 g/mol. The van der Waals surface area contributed by atoms with Crippen LogP contribution in [0.4, 0.5) is 5.69 Å². The van der Waals surface area contributed by atoms with Crippen LogP contribution in [-0.2, 0) is 0 Å². The fourth-order valence-corrected chi connectivity index (χ4v) is 1.76. The summed E-state index contributed by atoms with van der Waals surface area (Å²) in [5.74, 6) is 7.60. The first kappa shape index (κ1) is 13.8. The minimum Gasteiger partial charge on any atom is -0.493 e. The predicted octanol–water partition coefficient (Wildman–Crippen LogP) is 3.17. The van der Waals surface area contributed by atoms with Crippen molar-refractivity contribution in [2.75, 3.05) is 26.1 Å². The second-order valence-corrected chi connectivity index (χ2v) is 4.09. The van der Waals surface area contributed by atoms with Crippen LogP contribution in [0, 0.1) is 11.8 Å². The highest BCUT2D eigenvalue weighted by Crippen LogP contribution is 2.29. The molecule has 20 heavy (non-hydrogen) atoms. The fraction of sp³-hybridized carbons (Fsp3) is 0.176. The Balaban J connectivity index is 1.96. The maximum Gasteiger partial charge on any atom is 0.162 e. The smallest absolute Gasteiger partial charge is 0.162 e. The van der Waals surface area contributed by atoms with Gasteiger partial charge in [-0.2, -0.15) is 0 Å². The van der Waals surface area contributed by atoms with Crippen LogP contribution < -0.4 is 14.8 Å². The van der Waals surface area contributed by atoms with E-state index in [9.17, 15) is 0 Å². The number of rotatable bonds is 4. The first-order valence-corrected chi connectivity index (χ1v) is 6.33.